The summed E-state index contributed by atoms with van der Waals surface area (Å²) >= 11 is 4.95. The molecule has 0 spiro atoms. The van der Waals surface area contributed by atoms with Crippen molar-refractivity contribution < 1.29 is 0 Å². The van der Waals surface area contributed by atoms with Crippen LogP contribution >= 0.6 is 27.3 Å². The summed E-state index contributed by atoms with van der Waals surface area (Å²) in [6.45, 7) is 2.08. The van der Waals surface area contributed by atoms with Gasteiger partial charge in [0.1, 0.15) is 0 Å². The zero-order valence-electron chi connectivity index (χ0n) is 12.0. The number of nitrogens with one attached hydrogen (secondary N) is 1. The van der Waals surface area contributed by atoms with Crippen LogP contribution in [0.4, 0.5) is 5.13 Å². The molecule has 3 nitrogen and oxygen atoms in total. The number of halogens is 1. The van der Waals surface area contributed by atoms with Gasteiger partial charge in [-0.05, 0) is 24.6 Å². The second kappa shape index (κ2) is 6.85. The van der Waals surface area contributed by atoms with E-state index in [1.807, 2.05) is 29.6 Å². The molecule has 0 aliphatic rings. The van der Waals surface area contributed by atoms with Gasteiger partial charge in [0.05, 0.1) is 11.9 Å². The summed E-state index contributed by atoms with van der Waals surface area (Å²) in [6, 6.07) is 16.3. The smallest absolute Gasteiger partial charge is 0.203 e. The van der Waals surface area contributed by atoms with Crippen LogP contribution in [0.2, 0.25) is 0 Å². The van der Waals surface area contributed by atoms with Gasteiger partial charge in [-0.25, -0.2) is 4.98 Å². The first-order chi connectivity index (χ1) is 10.7. The minimum Gasteiger partial charge on any atom is -0.253 e. The van der Waals surface area contributed by atoms with Gasteiger partial charge < -0.3 is 0 Å². The fourth-order valence-electron chi connectivity index (χ4n) is 1.89. The highest BCUT2D eigenvalue weighted by molar-refractivity contribution is 9.10. The standard InChI is InChI=1S/C17H14BrN3S/c1-12-2-6-14(7-3-12)16-11-22-17(20-16)21-19-10-13-4-8-15(18)9-5-13/h2-11H,1H3,(H,20,21). The van der Waals surface area contributed by atoms with E-state index in [9.17, 15) is 0 Å². The van der Waals surface area contributed by atoms with Crippen molar-refractivity contribution in [2.75, 3.05) is 5.43 Å². The Morgan fingerprint density at radius 2 is 1.82 bits per heavy atom. The van der Waals surface area contributed by atoms with Gasteiger partial charge in [0, 0.05) is 15.4 Å². The van der Waals surface area contributed by atoms with Crippen LogP contribution in [0.25, 0.3) is 11.3 Å². The predicted molar refractivity (Wildman–Crippen MR) is 97.6 cm³/mol. The van der Waals surface area contributed by atoms with Crippen LogP contribution in [0.15, 0.2) is 63.5 Å². The number of benzene rings is 2. The van der Waals surface area contributed by atoms with Crippen molar-refractivity contribution in [2.45, 2.75) is 6.92 Å². The minimum atomic E-state index is 0.781. The average Bonchev–Trinajstić information content (AvgIpc) is 2.99. The van der Waals surface area contributed by atoms with E-state index in [1.54, 1.807) is 17.6 Å². The fourth-order valence-corrected chi connectivity index (χ4v) is 2.83. The zero-order chi connectivity index (χ0) is 15.4. The van der Waals surface area contributed by atoms with Crippen molar-refractivity contribution >= 4 is 38.6 Å². The highest BCUT2D eigenvalue weighted by Gasteiger charge is 2.03. The van der Waals surface area contributed by atoms with Gasteiger partial charge in [-0.15, -0.1) is 11.3 Å². The van der Waals surface area contributed by atoms with Gasteiger partial charge in [0.2, 0.25) is 5.13 Å². The van der Waals surface area contributed by atoms with E-state index in [0.29, 0.717) is 0 Å². The van der Waals surface area contributed by atoms with E-state index < -0.39 is 0 Å². The lowest BCUT2D eigenvalue weighted by Crippen LogP contribution is -1.90. The van der Waals surface area contributed by atoms with Gasteiger partial charge in [0.25, 0.3) is 0 Å². The molecule has 0 aliphatic carbocycles. The Balaban J connectivity index is 1.66. The average molecular weight is 372 g/mol. The van der Waals surface area contributed by atoms with Crippen LogP contribution in [0.1, 0.15) is 11.1 Å². The molecular weight excluding hydrogens is 358 g/mol. The van der Waals surface area contributed by atoms with Crippen molar-refractivity contribution in [2.24, 2.45) is 5.10 Å². The Bertz CT molecular complexity index is 776. The first kappa shape index (κ1) is 14.9. The van der Waals surface area contributed by atoms with Gasteiger partial charge in [-0.2, -0.15) is 5.10 Å². The number of hydrazone groups is 1. The van der Waals surface area contributed by atoms with E-state index in [0.717, 1.165) is 26.4 Å². The minimum absolute atomic E-state index is 0.781. The van der Waals surface area contributed by atoms with E-state index in [1.165, 1.54) is 5.56 Å². The number of aryl methyl sites for hydroxylation is 1. The van der Waals surface area contributed by atoms with Crippen molar-refractivity contribution in [3.63, 3.8) is 0 Å². The molecule has 3 rings (SSSR count). The zero-order valence-corrected chi connectivity index (χ0v) is 14.4. The predicted octanol–water partition coefficient (Wildman–Crippen LogP) is 5.33. The van der Waals surface area contributed by atoms with Crippen LogP contribution < -0.4 is 5.43 Å². The van der Waals surface area contributed by atoms with E-state index >= 15 is 0 Å². The maximum absolute atomic E-state index is 4.54. The number of aromatic nitrogens is 1. The molecular formula is C17H14BrN3S. The molecule has 1 N–H and O–H groups in total. The third-order valence-electron chi connectivity index (χ3n) is 3.10. The number of hydrogen-bond acceptors (Lipinski definition) is 4. The Hall–Kier alpha value is -1.98. The Morgan fingerprint density at radius 3 is 2.55 bits per heavy atom. The number of nitrogens with zero attached hydrogens (tertiary/aromatic N) is 2. The molecule has 0 bridgehead atoms. The molecule has 110 valence electrons. The summed E-state index contributed by atoms with van der Waals surface area (Å²) in [7, 11) is 0. The van der Waals surface area contributed by atoms with Gasteiger partial charge in [-0.3, -0.25) is 5.43 Å². The molecule has 2 aromatic carbocycles. The monoisotopic (exact) mass is 371 g/mol. The number of rotatable bonds is 4. The van der Waals surface area contributed by atoms with Crippen molar-refractivity contribution in [3.05, 3.63) is 69.5 Å². The maximum atomic E-state index is 4.54. The van der Waals surface area contributed by atoms with Crippen molar-refractivity contribution in [1.82, 2.24) is 4.98 Å². The third kappa shape index (κ3) is 3.81. The lowest BCUT2D eigenvalue weighted by Gasteiger charge is -1.97. The molecule has 1 heterocycles. The summed E-state index contributed by atoms with van der Waals surface area (Å²) in [5, 5.41) is 7.03. The fraction of sp³-hybridized carbons (Fsp3) is 0.0588. The molecule has 0 unspecified atom stereocenters. The topological polar surface area (TPSA) is 37.3 Å². The lowest BCUT2D eigenvalue weighted by atomic mass is 10.1. The number of thiazole rings is 1. The second-order valence-electron chi connectivity index (χ2n) is 4.83. The summed E-state index contributed by atoms with van der Waals surface area (Å²) in [4.78, 5) is 4.54. The molecule has 5 heteroatoms. The van der Waals surface area contributed by atoms with E-state index in [4.69, 9.17) is 0 Å². The van der Waals surface area contributed by atoms with Crippen LogP contribution in [0, 0.1) is 6.92 Å². The first-order valence-electron chi connectivity index (χ1n) is 6.78. The molecule has 0 saturated heterocycles. The first-order valence-corrected chi connectivity index (χ1v) is 8.45. The lowest BCUT2D eigenvalue weighted by molar-refractivity contribution is 1.29. The summed E-state index contributed by atoms with van der Waals surface area (Å²) in [5.74, 6) is 0. The quantitative estimate of drug-likeness (QED) is 0.497. The van der Waals surface area contributed by atoms with Crippen LogP contribution in [-0.4, -0.2) is 11.2 Å². The third-order valence-corrected chi connectivity index (χ3v) is 4.37. The van der Waals surface area contributed by atoms with Crippen LogP contribution in [0.3, 0.4) is 0 Å². The molecule has 3 aromatic rings. The molecule has 0 radical (unpaired) electrons. The Kier molecular flexibility index (Phi) is 4.65. The molecule has 22 heavy (non-hydrogen) atoms. The Morgan fingerprint density at radius 1 is 1.09 bits per heavy atom. The Labute approximate surface area is 141 Å². The molecule has 1 aromatic heterocycles. The molecule has 0 amide bonds. The number of hydrogen-bond donors (Lipinski definition) is 1. The van der Waals surface area contributed by atoms with Crippen molar-refractivity contribution in [3.8, 4) is 11.3 Å². The molecule has 0 fully saturated rings. The molecule has 0 saturated carbocycles. The largest absolute Gasteiger partial charge is 0.253 e. The molecule has 0 aliphatic heterocycles. The highest BCUT2D eigenvalue weighted by atomic mass is 79.9. The van der Waals surface area contributed by atoms with E-state index in [-0.39, 0.29) is 0 Å². The van der Waals surface area contributed by atoms with Gasteiger partial charge in [-0.1, -0.05) is 57.9 Å². The summed E-state index contributed by atoms with van der Waals surface area (Å²) in [5.41, 5.74) is 7.34. The van der Waals surface area contributed by atoms with Crippen molar-refractivity contribution in [1.29, 1.82) is 0 Å². The van der Waals surface area contributed by atoms with Crippen LogP contribution in [-0.2, 0) is 0 Å². The van der Waals surface area contributed by atoms with Gasteiger partial charge >= 0.3 is 0 Å². The van der Waals surface area contributed by atoms with Crippen LogP contribution in [0.5, 0.6) is 0 Å². The van der Waals surface area contributed by atoms with Gasteiger partial charge in [0.15, 0.2) is 0 Å². The molecule has 0 atom stereocenters. The van der Waals surface area contributed by atoms with E-state index in [2.05, 4.69) is 62.6 Å². The summed E-state index contributed by atoms with van der Waals surface area (Å²) < 4.78 is 1.06. The SMILES string of the molecule is Cc1ccc(-c2csc(NN=Cc3ccc(Br)cc3)n2)cc1. The highest BCUT2D eigenvalue weighted by Crippen LogP contribution is 2.25. The second-order valence-corrected chi connectivity index (χ2v) is 6.60. The normalized spacial score (nSPS) is 11.0. The summed E-state index contributed by atoms with van der Waals surface area (Å²) in [6.07, 6.45) is 1.78. The maximum Gasteiger partial charge on any atom is 0.203 e. The number of anilines is 1.